The molecule has 1 saturated heterocycles. The van der Waals surface area contributed by atoms with Gasteiger partial charge in [0.2, 0.25) is 0 Å². The molecule has 0 spiro atoms. The van der Waals surface area contributed by atoms with Crippen LogP contribution < -0.4 is 10.1 Å². The summed E-state index contributed by atoms with van der Waals surface area (Å²) in [6.45, 7) is 3.14. The highest BCUT2D eigenvalue weighted by atomic mass is 16.5. The Kier molecular flexibility index (Phi) is 5.41. The summed E-state index contributed by atoms with van der Waals surface area (Å²) >= 11 is 0. The number of benzene rings is 1. The van der Waals surface area contributed by atoms with Crippen molar-refractivity contribution in [1.29, 1.82) is 0 Å². The maximum atomic E-state index is 11.4. The molecule has 0 radical (unpaired) electrons. The Morgan fingerprint density at radius 2 is 2.20 bits per heavy atom. The van der Waals surface area contributed by atoms with Gasteiger partial charge in [0.05, 0.1) is 13.5 Å². The number of esters is 1. The van der Waals surface area contributed by atoms with Crippen LogP contribution in [0.4, 0.5) is 0 Å². The third kappa shape index (κ3) is 3.97. The van der Waals surface area contributed by atoms with Crippen molar-refractivity contribution in [2.45, 2.75) is 44.8 Å². The molecule has 2 rings (SSSR count). The van der Waals surface area contributed by atoms with E-state index in [9.17, 15) is 4.79 Å². The number of nitrogens with one attached hydrogen (secondary N) is 1. The third-order valence-electron chi connectivity index (χ3n) is 3.76. The van der Waals surface area contributed by atoms with Gasteiger partial charge in [-0.15, -0.1) is 0 Å². The average molecular weight is 277 g/mol. The van der Waals surface area contributed by atoms with Crippen LogP contribution in [0.3, 0.4) is 0 Å². The first-order chi connectivity index (χ1) is 9.70. The van der Waals surface area contributed by atoms with Crippen molar-refractivity contribution in [2.75, 3.05) is 13.7 Å². The molecule has 1 N–H and O–H groups in total. The predicted molar refractivity (Wildman–Crippen MR) is 77.9 cm³/mol. The van der Waals surface area contributed by atoms with Gasteiger partial charge in [0.25, 0.3) is 0 Å². The quantitative estimate of drug-likeness (QED) is 0.839. The van der Waals surface area contributed by atoms with Crippen molar-refractivity contribution in [1.82, 2.24) is 5.32 Å². The van der Waals surface area contributed by atoms with Crippen LogP contribution in [0.15, 0.2) is 24.3 Å². The summed E-state index contributed by atoms with van der Waals surface area (Å²) < 4.78 is 10.8. The smallest absolute Gasteiger partial charge is 0.310 e. The zero-order valence-corrected chi connectivity index (χ0v) is 12.2. The van der Waals surface area contributed by atoms with Crippen molar-refractivity contribution in [2.24, 2.45) is 0 Å². The number of methoxy groups -OCH3 is 1. The second kappa shape index (κ2) is 7.29. The second-order valence-electron chi connectivity index (χ2n) is 5.24. The highest BCUT2D eigenvalue weighted by Crippen LogP contribution is 2.22. The van der Waals surface area contributed by atoms with Gasteiger partial charge in [-0.1, -0.05) is 24.6 Å². The maximum absolute atomic E-state index is 11.4. The van der Waals surface area contributed by atoms with Crippen LogP contribution in [0, 0.1) is 0 Å². The van der Waals surface area contributed by atoms with E-state index in [2.05, 4.69) is 12.2 Å². The zero-order chi connectivity index (χ0) is 14.4. The summed E-state index contributed by atoms with van der Waals surface area (Å²) in [5.74, 6) is 0.530. The highest BCUT2D eigenvalue weighted by molar-refractivity contribution is 5.73. The molecule has 2 unspecified atom stereocenters. The lowest BCUT2D eigenvalue weighted by Crippen LogP contribution is -2.44. The molecule has 0 bridgehead atoms. The van der Waals surface area contributed by atoms with Crippen molar-refractivity contribution in [3.05, 3.63) is 29.8 Å². The lowest BCUT2D eigenvalue weighted by molar-refractivity contribution is -0.139. The van der Waals surface area contributed by atoms with E-state index >= 15 is 0 Å². The van der Waals surface area contributed by atoms with Crippen molar-refractivity contribution >= 4 is 5.97 Å². The third-order valence-corrected chi connectivity index (χ3v) is 3.76. The fourth-order valence-corrected chi connectivity index (χ4v) is 2.55. The van der Waals surface area contributed by atoms with E-state index in [0.717, 1.165) is 24.3 Å². The van der Waals surface area contributed by atoms with E-state index in [1.54, 1.807) is 0 Å². The topological polar surface area (TPSA) is 47.6 Å². The van der Waals surface area contributed by atoms with E-state index < -0.39 is 0 Å². The van der Waals surface area contributed by atoms with Gasteiger partial charge in [0.1, 0.15) is 11.9 Å². The Labute approximate surface area is 120 Å². The number of piperidine rings is 1. The lowest BCUT2D eigenvalue weighted by Gasteiger charge is -2.29. The zero-order valence-electron chi connectivity index (χ0n) is 12.2. The Morgan fingerprint density at radius 3 is 2.90 bits per heavy atom. The van der Waals surface area contributed by atoms with Gasteiger partial charge in [-0.05, 0) is 32.4 Å². The van der Waals surface area contributed by atoms with Crippen LogP contribution >= 0.6 is 0 Å². The summed E-state index contributed by atoms with van der Waals surface area (Å²) in [6, 6.07) is 8.05. The monoisotopic (exact) mass is 277 g/mol. The number of rotatable bonds is 5. The Morgan fingerprint density at radius 1 is 1.40 bits per heavy atom. The van der Waals surface area contributed by atoms with E-state index in [1.807, 2.05) is 24.3 Å². The molecule has 0 aromatic heterocycles. The minimum absolute atomic E-state index is 0.0918. The number of ether oxygens (including phenoxy) is 2. The number of carbonyl (C=O) groups is 1. The second-order valence-corrected chi connectivity index (χ2v) is 5.24. The minimum atomic E-state index is -0.246. The van der Waals surface area contributed by atoms with Gasteiger partial charge in [0, 0.05) is 11.6 Å². The number of hydrogen-bond acceptors (Lipinski definition) is 4. The molecule has 110 valence electrons. The molecular weight excluding hydrogens is 254 g/mol. The van der Waals surface area contributed by atoms with E-state index in [4.69, 9.17) is 9.47 Å². The first kappa shape index (κ1) is 14.9. The molecule has 1 fully saturated rings. The fraction of sp³-hybridized carbons (Fsp3) is 0.562. The number of hydrogen-bond donors (Lipinski definition) is 1. The Bertz CT molecular complexity index is 441. The van der Waals surface area contributed by atoms with E-state index in [0.29, 0.717) is 6.04 Å². The summed E-state index contributed by atoms with van der Waals surface area (Å²) in [7, 11) is 1.40. The standard InChI is InChI=1S/C16H23NO3/c1-12(14-8-5-6-10-17-14)20-15-9-4-3-7-13(15)11-16(18)19-2/h3-4,7,9,12,14,17H,5-6,8,10-11H2,1-2H3. The summed E-state index contributed by atoms with van der Waals surface area (Å²) in [5, 5.41) is 3.49. The average Bonchev–Trinajstić information content (AvgIpc) is 2.50. The SMILES string of the molecule is COC(=O)Cc1ccccc1OC(C)C1CCCCN1. The van der Waals surface area contributed by atoms with Gasteiger partial charge in [-0.25, -0.2) is 0 Å². The largest absolute Gasteiger partial charge is 0.489 e. The van der Waals surface area contributed by atoms with Gasteiger partial charge < -0.3 is 14.8 Å². The van der Waals surface area contributed by atoms with Crippen LogP contribution in [0.25, 0.3) is 0 Å². The van der Waals surface area contributed by atoms with E-state index in [-0.39, 0.29) is 18.5 Å². The first-order valence-electron chi connectivity index (χ1n) is 7.25. The van der Waals surface area contributed by atoms with Gasteiger partial charge in [-0.3, -0.25) is 4.79 Å². The predicted octanol–water partition coefficient (Wildman–Crippen LogP) is 2.31. The van der Waals surface area contributed by atoms with Crippen LogP contribution in [-0.4, -0.2) is 31.8 Å². The molecule has 4 heteroatoms. The van der Waals surface area contributed by atoms with Gasteiger partial charge in [-0.2, -0.15) is 0 Å². The van der Waals surface area contributed by atoms with Crippen molar-refractivity contribution < 1.29 is 14.3 Å². The lowest BCUT2D eigenvalue weighted by atomic mass is 10.0. The highest BCUT2D eigenvalue weighted by Gasteiger charge is 2.21. The van der Waals surface area contributed by atoms with Crippen LogP contribution in [-0.2, 0) is 16.0 Å². The molecule has 0 aliphatic carbocycles. The molecule has 4 nitrogen and oxygen atoms in total. The summed E-state index contributed by atoms with van der Waals surface area (Å²) in [4.78, 5) is 11.4. The normalized spacial score (nSPS) is 20.2. The molecule has 1 aromatic carbocycles. The fourth-order valence-electron chi connectivity index (χ4n) is 2.55. The summed E-state index contributed by atoms with van der Waals surface area (Å²) in [6.07, 6.45) is 3.96. The molecule has 1 heterocycles. The molecular formula is C16H23NO3. The van der Waals surface area contributed by atoms with Gasteiger partial charge in [0.15, 0.2) is 0 Å². The van der Waals surface area contributed by atoms with Gasteiger partial charge >= 0.3 is 5.97 Å². The Balaban J connectivity index is 2.02. The van der Waals surface area contributed by atoms with E-state index in [1.165, 1.54) is 20.0 Å². The molecule has 0 saturated carbocycles. The maximum Gasteiger partial charge on any atom is 0.310 e. The molecule has 2 atom stereocenters. The summed E-state index contributed by atoms with van der Waals surface area (Å²) in [5.41, 5.74) is 0.877. The number of para-hydroxylation sites is 1. The number of carbonyl (C=O) groups excluding carboxylic acids is 1. The molecule has 1 aliphatic heterocycles. The van der Waals surface area contributed by atoms with Crippen LogP contribution in [0.2, 0.25) is 0 Å². The molecule has 20 heavy (non-hydrogen) atoms. The van der Waals surface area contributed by atoms with Crippen LogP contribution in [0.5, 0.6) is 5.75 Å². The van der Waals surface area contributed by atoms with Crippen LogP contribution in [0.1, 0.15) is 31.7 Å². The Hall–Kier alpha value is -1.55. The van der Waals surface area contributed by atoms with Crippen molar-refractivity contribution in [3.8, 4) is 5.75 Å². The van der Waals surface area contributed by atoms with Crippen molar-refractivity contribution in [3.63, 3.8) is 0 Å². The molecule has 0 amide bonds. The first-order valence-corrected chi connectivity index (χ1v) is 7.25. The minimum Gasteiger partial charge on any atom is -0.489 e. The molecule has 1 aromatic rings. The molecule has 1 aliphatic rings.